The third-order valence-corrected chi connectivity index (χ3v) is 5.20. The minimum atomic E-state index is -4.30. The molecular weight excluding hydrogens is 409 g/mol. The summed E-state index contributed by atoms with van der Waals surface area (Å²) in [4.78, 5) is 7.08. The third-order valence-electron chi connectivity index (χ3n) is 5.20. The van der Waals surface area contributed by atoms with Crippen molar-refractivity contribution in [3.05, 3.63) is 35.4 Å². The Labute approximate surface area is 183 Å². The highest BCUT2D eigenvalue weighted by atomic mass is 19.4. The molecular formula is C22H35F3N4O2. The summed E-state index contributed by atoms with van der Waals surface area (Å²) in [5.74, 6) is 1.40. The monoisotopic (exact) mass is 444 g/mol. The number of methoxy groups -OCH3 is 1. The first kappa shape index (κ1) is 25.4. The Balaban J connectivity index is 1.75. The number of ether oxygens (including phenoxy) is 2. The van der Waals surface area contributed by atoms with E-state index in [1.807, 2.05) is 19.1 Å². The second kappa shape index (κ2) is 13.5. The summed E-state index contributed by atoms with van der Waals surface area (Å²) >= 11 is 0. The largest absolute Gasteiger partial charge is 0.411 e. The van der Waals surface area contributed by atoms with Crippen LogP contribution in [0.1, 0.15) is 30.9 Å². The molecule has 6 nitrogen and oxygen atoms in total. The van der Waals surface area contributed by atoms with Crippen molar-refractivity contribution < 1.29 is 22.6 Å². The fourth-order valence-corrected chi connectivity index (χ4v) is 3.41. The summed E-state index contributed by atoms with van der Waals surface area (Å²) in [5.41, 5.74) is 1.70. The van der Waals surface area contributed by atoms with E-state index >= 15 is 0 Å². The van der Waals surface area contributed by atoms with Crippen molar-refractivity contribution >= 4 is 5.96 Å². The number of benzene rings is 1. The second-order valence-electron chi connectivity index (χ2n) is 7.78. The summed E-state index contributed by atoms with van der Waals surface area (Å²) in [6.45, 7) is 6.87. The van der Waals surface area contributed by atoms with Crippen LogP contribution in [0.25, 0.3) is 0 Å². The topological polar surface area (TPSA) is 58.1 Å². The molecule has 1 aromatic carbocycles. The van der Waals surface area contributed by atoms with Crippen LogP contribution in [0.2, 0.25) is 0 Å². The molecule has 0 bridgehead atoms. The average molecular weight is 445 g/mol. The minimum absolute atomic E-state index is 0.0580. The molecule has 1 fully saturated rings. The third kappa shape index (κ3) is 10.8. The fraction of sp³-hybridized carbons (Fsp3) is 0.682. The Kier molecular flexibility index (Phi) is 11.1. The van der Waals surface area contributed by atoms with E-state index in [1.165, 1.54) is 0 Å². The smallest absolute Gasteiger partial charge is 0.383 e. The average Bonchev–Trinajstić information content (AvgIpc) is 2.75. The first-order valence-electron chi connectivity index (χ1n) is 10.9. The van der Waals surface area contributed by atoms with Crippen LogP contribution in [0.3, 0.4) is 0 Å². The number of piperidine rings is 1. The standard InChI is InChI=1S/C22H35F3N4O2/c1-3-26-21(28-15-19-8-10-29(11-9-19)12-13-30-2)27-14-18-4-6-20(7-5-18)16-31-17-22(23,24)25/h4-7,19H,3,8-17H2,1-2H3,(H2,26,27,28). The normalized spacial score (nSPS) is 16.5. The molecule has 0 unspecified atom stereocenters. The maximum Gasteiger partial charge on any atom is 0.411 e. The quantitative estimate of drug-likeness (QED) is 0.406. The van der Waals surface area contributed by atoms with E-state index in [4.69, 9.17) is 4.74 Å². The Bertz CT molecular complexity index is 645. The number of aliphatic imine (C=N–C) groups is 1. The van der Waals surface area contributed by atoms with E-state index < -0.39 is 12.8 Å². The van der Waals surface area contributed by atoms with Crippen molar-refractivity contribution in [2.24, 2.45) is 10.9 Å². The van der Waals surface area contributed by atoms with Gasteiger partial charge < -0.3 is 25.0 Å². The SMILES string of the molecule is CCNC(=NCc1ccc(COCC(F)(F)F)cc1)NCC1CCN(CCOC)CC1. The molecule has 0 aromatic heterocycles. The summed E-state index contributed by atoms with van der Waals surface area (Å²) < 4.78 is 46.3. The van der Waals surface area contributed by atoms with E-state index in [0.717, 1.165) is 63.7 Å². The maximum atomic E-state index is 12.1. The Morgan fingerprint density at radius 1 is 1.13 bits per heavy atom. The predicted molar refractivity (Wildman–Crippen MR) is 116 cm³/mol. The van der Waals surface area contributed by atoms with Crippen molar-refractivity contribution in [2.75, 3.05) is 53.0 Å². The van der Waals surface area contributed by atoms with Gasteiger partial charge in [0, 0.05) is 26.7 Å². The van der Waals surface area contributed by atoms with Gasteiger partial charge in [-0.1, -0.05) is 24.3 Å². The summed E-state index contributed by atoms with van der Waals surface area (Å²) in [7, 11) is 1.74. The Morgan fingerprint density at radius 2 is 1.81 bits per heavy atom. The number of likely N-dealkylation sites (tertiary alicyclic amines) is 1. The number of halogens is 3. The lowest BCUT2D eigenvalue weighted by Gasteiger charge is -2.32. The van der Waals surface area contributed by atoms with Gasteiger partial charge in [0.1, 0.15) is 6.61 Å². The molecule has 2 N–H and O–H groups in total. The molecule has 1 aliphatic heterocycles. The zero-order valence-corrected chi connectivity index (χ0v) is 18.5. The van der Waals surface area contributed by atoms with Crippen LogP contribution in [-0.4, -0.2) is 70.1 Å². The number of guanidine groups is 1. The van der Waals surface area contributed by atoms with Gasteiger partial charge in [0.2, 0.25) is 0 Å². The van der Waals surface area contributed by atoms with Gasteiger partial charge >= 0.3 is 6.18 Å². The lowest BCUT2D eigenvalue weighted by Crippen LogP contribution is -2.43. The van der Waals surface area contributed by atoms with Crippen molar-refractivity contribution in [1.82, 2.24) is 15.5 Å². The van der Waals surface area contributed by atoms with Gasteiger partial charge in [0.25, 0.3) is 0 Å². The van der Waals surface area contributed by atoms with Crippen molar-refractivity contribution in [1.29, 1.82) is 0 Å². The highest BCUT2D eigenvalue weighted by Gasteiger charge is 2.27. The molecule has 0 aliphatic carbocycles. The van der Waals surface area contributed by atoms with Crippen molar-refractivity contribution in [3.63, 3.8) is 0 Å². The van der Waals surface area contributed by atoms with Crippen LogP contribution in [0, 0.1) is 5.92 Å². The lowest BCUT2D eigenvalue weighted by atomic mass is 9.97. The lowest BCUT2D eigenvalue weighted by molar-refractivity contribution is -0.176. The number of nitrogens with zero attached hydrogens (tertiary/aromatic N) is 2. The van der Waals surface area contributed by atoms with Crippen molar-refractivity contribution in [3.8, 4) is 0 Å². The second-order valence-corrected chi connectivity index (χ2v) is 7.78. The first-order chi connectivity index (χ1) is 14.9. The van der Waals surface area contributed by atoms with Gasteiger partial charge in [-0.3, -0.25) is 0 Å². The molecule has 1 heterocycles. The number of rotatable bonds is 11. The molecule has 2 rings (SSSR count). The number of alkyl halides is 3. The van der Waals surface area contributed by atoms with Crippen LogP contribution in [-0.2, 0) is 22.6 Å². The van der Waals surface area contributed by atoms with Gasteiger partial charge in [-0.15, -0.1) is 0 Å². The van der Waals surface area contributed by atoms with Crippen LogP contribution in [0.15, 0.2) is 29.3 Å². The van der Waals surface area contributed by atoms with E-state index in [9.17, 15) is 13.2 Å². The molecule has 9 heteroatoms. The highest BCUT2D eigenvalue weighted by molar-refractivity contribution is 5.79. The van der Waals surface area contributed by atoms with Gasteiger partial charge in [0.05, 0.1) is 19.8 Å². The Hall–Kier alpha value is -1.84. The van der Waals surface area contributed by atoms with E-state index in [0.29, 0.717) is 18.0 Å². The molecule has 0 amide bonds. The molecule has 1 saturated heterocycles. The number of hydrogen-bond donors (Lipinski definition) is 2. The van der Waals surface area contributed by atoms with Gasteiger partial charge in [-0.2, -0.15) is 13.2 Å². The molecule has 1 aliphatic rings. The molecule has 176 valence electrons. The molecule has 0 atom stereocenters. The maximum absolute atomic E-state index is 12.1. The van der Waals surface area contributed by atoms with Crippen LogP contribution in [0.4, 0.5) is 13.2 Å². The molecule has 0 spiro atoms. The van der Waals surface area contributed by atoms with Gasteiger partial charge in [-0.05, 0) is 49.9 Å². The minimum Gasteiger partial charge on any atom is -0.383 e. The zero-order valence-electron chi connectivity index (χ0n) is 18.5. The van der Waals surface area contributed by atoms with E-state index in [2.05, 4.69) is 25.3 Å². The number of nitrogens with one attached hydrogen (secondary N) is 2. The van der Waals surface area contributed by atoms with E-state index in [1.54, 1.807) is 19.2 Å². The number of hydrogen-bond acceptors (Lipinski definition) is 4. The van der Waals surface area contributed by atoms with Gasteiger partial charge in [0.15, 0.2) is 5.96 Å². The summed E-state index contributed by atoms with van der Waals surface area (Å²) in [6.07, 6.45) is -1.98. The molecule has 31 heavy (non-hydrogen) atoms. The fourth-order valence-electron chi connectivity index (χ4n) is 3.41. The summed E-state index contributed by atoms with van der Waals surface area (Å²) in [5, 5.41) is 6.71. The molecule has 1 aromatic rings. The zero-order chi connectivity index (χ0) is 22.5. The first-order valence-corrected chi connectivity index (χ1v) is 10.9. The van der Waals surface area contributed by atoms with Crippen LogP contribution >= 0.6 is 0 Å². The van der Waals surface area contributed by atoms with Crippen molar-refractivity contribution in [2.45, 2.75) is 39.1 Å². The molecule has 0 saturated carbocycles. The molecule has 0 radical (unpaired) electrons. The van der Waals surface area contributed by atoms with E-state index in [-0.39, 0.29) is 6.61 Å². The van der Waals surface area contributed by atoms with Crippen LogP contribution in [0.5, 0.6) is 0 Å². The van der Waals surface area contributed by atoms with Gasteiger partial charge in [-0.25, -0.2) is 4.99 Å². The predicted octanol–water partition coefficient (Wildman–Crippen LogP) is 3.18. The Morgan fingerprint density at radius 3 is 2.42 bits per heavy atom. The highest BCUT2D eigenvalue weighted by Crippen LogP contribution is 2.17. The van der Waals surface area contributed by atoms with Crippen LogP contribution < -0.4 is 10.6 Å². The summed E-state index contributed by atoms with van der Waals surface area (Å²) in [6, 6.07) is 7.29.